The Morgan fingerprint density at radius 1 is 0.812 bits per heavy atom. The Hall–Kier alpha value is -3.22. The third kappa shape index (κ3) is 5.72. The molecule has 1 aliphatic heterocycles. The van der Waals surface area contributed by atoms with E-state index in [1.54, 1.807) is 30.3 Å². The predicted octanol–water partition coefficient (Wildman–Crippen LogP) is 6.03. The molecule has 0 radical (unpaired) electrons. The fourth-order valence-corrected chi connectivity index (χ4v) is 4.02. The van der Waals surface area contributed by atoms with E-state index in [2.05, 4.69) is 0 Å². The maximum absolute atomic E-state index is 12.7. The summed E-state index contributed by atoms with van der Waals surface area (Å²) in [6, 6.07) is 24.0. The highest BCUT2D eigenvalue weighted by Gasteiger charge is 2.34. The fourth-order valence-electron chi connectivity index (χ4n) is 3.06. The highest BCUT2D eigenvalue weighted by molar-refractivity contribution is 8.18. The second-order valence-corrected chi connectivity index (χ2v) is 8.40. The van der Waals surface area contributed by atoms with Gasteiger partial charge in [-0.1, -0.05) is 54.1 Å². The van der Waals surface area contributed by atoms with Crippen molar-refractivity contribution in [2.75, 3.05) is 13.2 Å². The molecule has 0 unspecified atom stereocenters. The van der Waals surface area contributed by atoms with Gasteiger partial charge < -0.3 is 9.47 Å². The van der Waals surface area contributed by atoms with Gasteiger partial charge in [0.15, 0.2) is 0 Å². The van der Waals surface area contributed by atoms with E-state index in [4.69, 9.17) is 21.1 Å². The maximum atomic E-state index is 12.7. The van der Waals surface area contributed by atoms with Crippen LogP contribution in [-0.2, 0) is 11.3 Å². The highest BCUT2D eigenvalue weighted by atomic mass is 35.5. The maximum Gasteiger partial charge on any atom is 0.293 e. The monoisotopic (exact) mass is 465 g/mol. The standard InChI is InChI=1S/C25H20ClNO4S/c26-20-10-6-19(7-11-20)17-27-24(28)23(32-25(27)29)16-18-8-12-22(13-9-18)31-15-14-30-21-4-2-1-3-5-21/h1-13,16H,14-15,17H2/b23-16-. The van der Waals surface area contributed by atoms with Gasteiger partial charge in [-0.3, -0.25) is 14.5 Å². The van der Waals surface area contributed by atoms with Crippen LogP contribution in [0.2, 0.25) is 5.02 Å². The minimum Gasteiger partial charge on any atom is -0.490 e. The van der Waals surface area contributed by atoms with E-state index in [0.717, 1.165) is 28.6 Å². The summed E-state index contributed by atoms with van der Waals surface area (Å²) in [4.78, 5) is 26.7. The summed E-state index contributed by atoms with van der Waals surface area (Å²) in [6.45, 7) is 1.07. The van der Waals surface area contributed by atoms with E-state index in [-0.39, 0.29) is 17.7 Å². The number of rotatable bonds is 8. The lowest BCUT2D eigenvalue weighted by Crippen LogP contribution is -2.27. The molecule has 162 valence electrons. The predicted molar refractivity (Wildman–Crippen MR) is 127 cm³/mol. The number of imide groups is 1. The van der Waals surface area contributed by atoms with Crippen LogP contribution < -0.4 is 9.47 Å². The first-order chi connectivity index (χ1) is 15.6. The van der Waals surface area contributed by atoms with Crippen molar-refractivity contribution >= 4 is 40.6 Å². The van der Waals surface area contributed by atoms with E-state index in [1.165, 1.54) is 4.90 Å². The van der Waals surface area contributed by atoms with Crippen molar-refractivity contribution in [3.05, 3.63) is 99.9 Å². The number of amides is 2. The molecule has 1 saturated heterocycles. The molecule has 0 bridgehead atoms. The van der Waals surface area contributed by atoms with Gasteiger partial charge in [0.1, 0.15) is 24.7 Å². The van der Waals surface area contributed by atoms with Crippen LogP contribution in [0.15, 0.2) is 83.8 Å². The smallest absolute Gasteiger partial charge is 0.293 e. The lowest BCUT2D eigenvalue weighted by Gasteiger charge is -2.12. The van der Waals surface area contributed by atoms with Crippen molar-refractivity contribution < 1.29 is 19.1 Å². The number of para-hydroxylation sites is 1. The largest absolute Gasteiger partial charge is 0.490 e. The van der Waals surface area contributed by atoms with Crippen LogP contribution in [0.3, 0.4) is 0 Å². The van der Waals surface area contributed by atoms with Crippen LogP contribution in [0.5, 0.6) is 11.5 Å². The van der Waals surface area contributed by atoms with Crippen LogP contribution in [0.1, 0.15) is 11.1 Å². The molecular formula is C25H20ClNO4S. The number of thioether (sulfide) groups is 1. The Labute approximate surface area is 195 Å². The van der Waals surface area contributed by atoms with Gasteiger partial charge in [0, 0.05) is 5.02 Å². The molecule has 0 atom stereocenters. The zero-order chi connectivity index (χ0) is 22.3. The van der Waals surface area contributed by atoms with Crippen molar-refractivity contribution in [3.8, 4) is 11.5 Å². The third-order valence-corrected chi connectivity index (χ3v) is 5.83. The summed E-state index contributed by atoms with van der Waals surface area (Å²) in [5.74, 6) is 1.21. The van der Waals surface area contributed by atoms with Gasteiger partial charge in [0.2, 0.25) is 0 Å². The zero-order valence-electron chi connectivity index (χ0n) is 17.1. The van der Waals surface area contributed by atoms with E-state index in [1.807, 2.05) is 54.6 Å². The van der Waals surface area contributed by atoms with Crippen LogP contribution in [0.25, 0.3) is 6.08 Å². The van der Waals surface area contributed by atoms with Crippen molar-refractivity contribution in [1.82, 2.24) is 4.90 Å². The first-order valence-corrected chi connectivity index (χ1v) is 11.2. The molecule has 0 aliphatic carbocycles. The number of ether oxygens (including phenoxy) is 2. The third-order valence-electron chi connectivity index (χ3n) is 4.67. The van der Waals surface area contributed by atoms with E-state index >= 15 is 0 Å². The molecule has 2 amide bonds. The molecule has 32 heavy (non-hydrogen) atoms. The van der Waals surface area contributed by atoms with Gasteiger partial charge in [-0.05, 0) is 65.4 Å². The number of carbonyl (C=O) groups is 2. The Balaban J connectivity index is 1.31. The normalized spacial score (nSPS) is 14.8. The Morgan fingerprint density at radius 2 is 1.44 bits per heavy atom. The molecule has 4 rings (SSSR count). The Bertz CT molecular complexity index is 1110. The summed E-state index contributed by atoms with van der Waals surface area (Å²) >= 11 is 6.84. The number of nitrogens with zero attached hydrogens (tertiary/aromatic N) is 1. The molecule has 7 heteroatoms. The van der Waals surface area contributed by atoms with E-state index in [0.29, 0.717) is 28.9 Å². The Morgan fingerprint density at radius 3 is 2.09 bits per heavy atom. The molecule has 3 aromatic carbocycles. The van der Waals surface area contributed by atoms with Crippen molar-refractivity contribution in [2.45, 2.75) is 6.54 Å². The Kier molecular flexibility index (Phi) is 7.14. The molecule has 0 N–H and O–H groups in total. The number of halogens is 1. The number of benzene rings is 3. The minimum absolute atomic E-state index is 0.219. The van der Waals surface area contributed by atoms with Crippen LogP contribution in [-0.4, -0.2) is 29.3 Å². The van der Waals surface area contributed by atoms with Crippen LogP contribution in [0, 0.1) is 0 Å². The number of hydrogen-bond donors (Lipinski definition) is 0. The van der Waals surface area contributed by atoms with E-state index < -0.39 is 0 Å². The fraction of sp³-hybridized carbons (Fsp3) is 0.120. The van der Waals surface area contributed by atoms with Crippen molar-refractivity contribution in [3.63, 3.8) is 0 Å². The average Bonchev–Trinajstić information content (AvgIpc) is 3.07. The number of hydrogen-bond acceptors (Lipinski definition) is 5. The summed E-state index contributed by atoms with van der Waals surface area (Å²) in [6.07, 6.45) is 1.72. The molecule has 1 heterocycles. The minimum atomic E-state index is -0.298. The SMILES string of the molecule is O=C1S/C(=C\c2ccc(OCCOc3ccccc3)cc2)C(=O)N1Cc1ccc(Cl)cc1. The average molecular weight is 466 g/mol. The highest BCUT2D eigenvalue weighted by Crippen LogP contribution is 2.33. The molecule has 0 saturated carbocycles. The molecule has 0 spiro atoms. The summed E-state index contributed by atoms with van der Waals surface area (Å²) in [7, 11) is 0. The van der Waals surface area contributed by atoms with Gasteiger partial charge >= 0.3 is 0 Å². The molecule has 5 nitrogen and oxygen atoms in total. The van der Waals surface area contributed by atoms with Crippen molar-refractivity contribution in [1.29, 1.82) is 0 Å². The van der Waals surface area contributed by atoms with Gasteiger partial charge in [0.05, 0.1) is 11.4 Å². The van der Waals surface area contributed by atoms with Crippen molar-refractivity contribution in [2.24, 2.45) is 0 Å². The first kappa shape index (κ1) is 22.0. The first-order valence-electron chi connectivity index (χ1n) is 9.99. The molecular weight excluding hydrogens is 446 g/mol. The van der Waals surface area contributed by atoms with Gasteiger partial charge in [-0.25, -0.2) is 0 Å². The topological polar surface area (TPSA) is 55.8 Å². The second-order valence-electron chi connectivity index (χ2n) is 6.97. The molecule has 0 aromatic heterocycles. The molecule has 1 aliphatic rings. The quantitative estimate of drug-likeness (QED) is 0.300. The zero-order valence-corrected chi connectivity index (χ0v) is 18.6. The second kappa shape index (κ2) is 10.4. The van der Waals surface area contributed by atoms with Gasteiger partial charge in [0.25, 0.3) is 11.1 Å². The number of carbonyl (C=O) groups excluding carboxylic acids is 2. The van der Waals surface area contributed by atoms with E-state index in [9.17, 15) is 9.59 Å². The summed E-state index contributed by atoms with van der Waals surface area (Å²) in [5.41, 5.74) is 1.66. The van der Waals surface area contributed by atoms with Gasteiger partial charge in [-0.15, -0.1) is 0 Å². The van der Waals surface area contributed by atoms with Crippen LogP contribution in [0.4, 0.5) is 4.79 Å². The molecule has 3 aromatic rings. The van der Waals surface area contributed by atoms with Crippen LogP contribution >= 0.6 is 23.4 Å². The summed E-state index contributed by atoms with van der Waals surface area (Å²) in [5, 5.41) is 0.327. The lowest BCUT2D eigenvalue weighted by molar-refractivity contribution is -0.123. The summed E-state index contributed by atoms with van der Waals surface area (Å²) < 4.78 is 11.3. The molecule has 1 fully saturated rings. The van der Waals surface area contributed by atoms with Gasteiger partial charge in [-0.2, -0.15) is 0 Å². The lowest BCUT2D eigenvalue weighted by atomic mass is 10.2.